The van der Waals surface area contributed by atoms with Crippen molar-refractivity contribution in [1.29, 1.82) is 0 Å². The number of amides is 2. The van der Waals surface area contributed by atoms with Crippen LogP contribution in [0.1, 0.15) is 41.8 Å². The van der Waals surface area contributed by atoms with Crippen LogP contribution >= 0.6 is 0 Å². The van der Waals surface area contributed by atoms with Crippen LogP contribution in [0.2, 0.25) is 0 Å². The fourth-order valence-corrected chi connectivity index (χ4v) is 2.60. The summed E-state index contributed by atoms with van der Waals surface area (Å²) in [6.07, 6.45) is -3.81. The quantitative estimate of drug-likeness (QED) is 0.802. The lowest BCUT2D eigenvalue weighted by atomic mass is 9.89. The van der Waals surface area contributed by atoms with Crippen LogP contribution in [0, 0.1) is 0 Å². The molecular weight excluding hydrogens is 357 g/mol. The Morgan fingerprint density at radius 2 is 1.52 bits per heavy atom. The van der Waals surface area contributed by atoms with Crippen molar-refractivity contribution >= 4 is 11.8 Å². The highest BCUT2D eigenvalue weighted by Gasteiger charge is 2.30. The lowest BCUT2D eigenvalue weighted by Gasteiger charge is -2.30. The van der Waals surface area contributed by atoms with Gasteiger partial charge in [0.1, 0.15) is 0 Å². The van der Waals surface area contributed by atoms with Crippen LogP contribution in [0.4, 0.5) is 13.2 Å². The summed E-state index contributed by atoms with van der Waals surface area (Å²) >= 11 is 0. The van der Waals surface area contributed by atoms with E-state index in [0.29, 0.717) is 6.42 Å². The van der Waals surface area contributed by atoms with Gasteiger partial charge in [-0.15, -0.1) is 0 Å². The van der Waals surface area contributed by atoms with E-state index in [0.717, 1.165) is 29.8 Å². The van der Waals surface area contributed by atoms with Gasteiger partial charge in [0.05, 0.1) is 17.6 Å². The molecule has 0 aliphatic heterocycles. The fourth-order valence-electron chi connectivity index (χ4n) is 2.60. The van der Waals surface area contributed by atoms with Gasteiger partial charge in [-0.2, -0.15) is 13.2 Å². The van der Waals surface area contributed by atoms with Crippen LogP contribution in [0.3, 0.4) is 0 Å². The molecule has 0 aromatic heterocycles. The molecule has 4 nitrogen and oxygen atoms in total. The molecule has 0 aliphatic carbocycles. The number of hydrogen-bond acceptors (Lipinski definition) is 2. The Bertz CT molecular complexity index is 789. The second-order valence-corrected chi connectivity index (χ2v) is 6.36. The molecule has 2 N–H and O–H groups in total. The van der Waals surface area contributed by atoms with Crippen molar-refractivity contribution in [2.75, 3.05) is 6.54 Å². The van der Waals surface area contributed by atoms with Crippen molar-refractivity contribution in [3.63, 3.8) is 0 Å². The number of alkyl halides is 3. The normalized spacial score (nSPS) is 13.5. The van der Waals surface area contributed by atoms with E-state index < -0.39 is 23.2 Å². The highest BCUT2D eigenvalue weighted by Crippen LogP contribution is 2.29. The largest absolute Gasteiger partial charge is 0.416 e. The number of halogens is 3. The van der Waals surface area contributed by atoms with E-state index in [1.165, 1.54) is 0 Å². The van der Waals surface area contributed by atoms with Crippen molar-refractivity contribution in [2.45, 2.75) is 32.0 Å². The average Bonchev–Trinajstić information content (AvgIpc) is 2.66. The number of hydrogen-bond donors (Lipinski definition) is 2. The van der Waals surface area contributed by atoms with Gasteiger partial charge in [-0.05, 0) is 43.2 Å². The molecule has 0 heterocycles. The van der Waals surface area contributed by atoms with Crippen molar-refractivity contribution in [3.05, 3.63) is 71.3 Å². The molecule has 0 saturated carbocycles. The number of rotatable bonds is 6. The highest BCUT2D eigenvalue weighted by atomic mass is 19.4. The molecule has 144 valence electrons. The van der Waals surface area contributed by atoms with Crippen molar-refractivity contribution < 1.29 is 22.8 Å². The third kappa shape index (κ3) is 5.32. The van der Waals surface area contributed by atoms with Crippen LogP contribution in [-0.2, 0) is 16.5 Å². The summed E-state index contributed by atoms with van der Waals surface area (Å²) in [5.74, 6) is -1.000. The minimum Gasteiger partial charge on any atom is -0.345 e. The molecule has 0 bridgehead atoms. The van der Waals surface area contributed by atoms with Gasteiger partial charge in [-0.1, -0.05) is 37.3 Å². The van der Waals surface area contributed by atoms with Crippen LogP contribution in [0.5, 0.6) is 0 Å². The first-order valence-corrected chi connectivity index (χ1v) is 8.48. The van der Waals surface area contributed by atoms with Gasteiger partial charge in [-0.25, -0.2) is 0 Å². The Morgan fingerprint density at radius 1 is 0.926 bits per heavy atom. The van der Waals surface area contributed by atoms with Gasteiger partial charge in [0.15, 0.2) is 0 Å². The maximum Gasteiger partial charge on any atom is 0.416 e. The second-order valence-electron chi connectivity index (χ2n) is 6.36. The third-order valence-corrected chi connectivity index (χ3v) is 4.42. The molecule has 0 radical (unpaired) electrons. The summed E-state index contributed by atoms with van der Waals surface area (Å²) in [7, 11) is 0. The minimum absolute atomic E-state index is 0.0529. The summed E-state index contributed by atoms with van der Waals surface area (Å²) in [5.41, 5.74) is -0.428. The van der Waals surface area contributed by atoms with Crippen LogP contribution in [0.25, 0.3) is 0 Å². The molecule has 0 fully saturated rings. The molecule has 2 amide bonds. The monoisotopic (exact) mass is 378 g/mol. The van der Waals surface area contributed by atoms with Crippen molar-refractivity contribution in [2.24, 2.45) is 0 Å². The first kappa shape index (κ1) is 20.5. The summed E-state index contributed by atoms with van der Waals surface area (Å²) in [5, 5.41) is 5.32. The third-order valence-electron chi connectivity index (χ3n) is 4.42. The number of carbonyl (C=O) groups is 2. The maximum absolute atomic E-state index is 12.6. The molecule has 0 saturated heterocycles. The Morgan fingerprint density at radius 3 is 2.04 bits per heavy atom. The molecule has 1 unspecified atom stereocenters. The molecule has 2 rings (SSSR count). The van der Waals surface area contributed by atoms with E-state index in [1.54, 1.807) is 0 Å². The summed E-state index contributed by atoms with van der Waals surface area (Å²) < 4.78 is 37.7. The maximum atomic E-state index is 12.6. The lowest BCUT2D eigenvalue weighted by Crippen LogP contribution is -2.47. The molecule has 7 heteroatoms. The Kier molecular flexibility index (Phi) is 6.25. The predicted molar refractivity (Wildman–Crippen MR) is 96.0 cm³/mol. The smallest absolute Gasteiger partial charge is 0.345 e. The van der Waals surface area contributed by atoms with E-state index in [9.17, 15) is 22.8 Å². The fraction of sp³-hybridized carbons (Fsp3) is 0.300. The zero-order valence-corrected chi connectivity index (χ0v) is 15.1. The second kappa shape index (κ2) is 8.24. The van der Waals surface area contributed by atoms with Crippen LogP contribution in [0.15, 0.2) is 54.6 Å². The van der Waals surface area contributed by atoms with Crippen LogP contribution < -0.4 is 10.6 Å². The van der Waals surface area contributed by atoms with E-state index in [4.69, 9.17) is 0 Å². The zero-order chi connectivity index (χ0) is 20.1. The van der Waals surface area contributed by atoms with Gasteiger partial charge in [-0.3, -0.25) is 9.59 Å². The number of carbonyl (C=O) groups excluding carboxylic acids is 2. The Labute approximate surface area is 155 Å². The highest BCUT2D eigenvalue weighted by molar-refractivity contribution is 5.96. The van der Waals surface area contributed by atoms with Crippen LogP contribution in [-0.4, -0.2) is 18.4 Å². The Hall–Kier alpha value is -2.83. The van der Waals surface area contributed by atoms with Gasteiger partial charge in [0, 0.05) is 5.56 Å². The average molecular weight is 378 g/mol. The SMILES string of the molecule is CCC(C)(NC(=O)CNC(=O)c1ccc(C(F)(F)F)cc1)c1ccccc1. The zero-order valence-electron chi connectivity index (χ0n) is 15.1. The molecule has 27 heavy (non-hydrogen) atoms. The first-order valence-electron chi connectivity index (χ1n) is 8.48. The van der Waals surface area contributed by atoms with E-state index >= 15 is 0 Å². The standard InChI is InChI=1S/C20H21F3N2O2/c1-3-19(2,15-7-5-4-6-8-15)25-17(26)13-24-18(27)14-9-11-16(12-10-14)20(21,22)23/h4-12H,3,13H2,1-2H3,(H,24,27)(H,25,26). The summed E-state index contributed by atoms with van der Waals surface area (Å²) in [6.45, 7) is 3.55. The van der Waals surface area contributed by atoms with Crippen molar-refractivity contribution in [3.8, 4) is 0 Å². The topological polar surface area (TPSA) is 58.2 Å². The van der Waals surface area contributed by atoms with Crippen molar-refractivity contribution in [1.82, 2.24) is 10.6 Å². The predicted octanol–water partition coefficient (Wildman–Crippen LogP) is 3.88. The first-order chi connectivity index (χ1) is 12.7. The van der Waals surface area contributed by atoms with E-state index in [1.807, 2.05) is 44.2 Å². The van der Waals surface area contributed by atoms with Gasteiger partial charge in [0.2, 0.25) is 5.91 Å². The van der Waals surface area contributed by atoms with E-state index in [2.05, 4.69) is 10.6 Å². The van der Waals surface area contributed by atoms with Gasteiger partial charge >= 0.3 is 6.18 Å². The molecule has 2 aromatic carbocycles. The van der Waals surface area contributed by atoms with Gasteiger partial charge in [0.25, 0.3) is 5.91 Å². The molecule has 2 aromatic rings. The van der Waals surface area contributed by atoms with E-state index in [-0.39, 0.29) is 18.0 Å². The Balaban J connectivity index is 1.95. The minimum atomic E-state index is -4.46. The van der Waals surface area contributed by atoms with Gasteiger partial charge < -0.3 is 10.6 Å². The summed E-state index contributed by atoms with van der Waals surface area (Å²) in [6, 6.07) is 13.3. The number of nitrogens with one attached hydrogen (secondary N) is 2. The summed E-state index contributed by atoms with van der Waals surface area (Å²) in [4.78, 5) is 24.3. The molecule has 0 spiro atoms. The molecular formula is C20H21F3N2O2. The molecule has 1 atom stereocenters. The lowest BCUT2D eigenvalue weighted by molar-refractivity contribution is -0.137. The molecule has 0 aliphatic rings. The number of benzene rings is 2.